The molecule has 14 heavy (non-hydrogen) atoms. The Kier molecular flexibility index (Phi) is 10.5. The second-order valence-electron chi connectivity index (χ2n) is 2.13. The highest BCUT2D eigenvalue weighted by Crippen LogP contribution is 1.74. The molecule has 1 aromatic rings. The summed E-state index contributed by atoms with van der Waals surface area (Å²) in [5.74, 6) is -0.991. The van der Waals surface area contributed by atoms with Gasteiger partial charge in [0.1, 0.15) is 0 Å². The second kappa shape index (κ2) is 9.70. The summed E-state index contributed by atoms with van der Waals surface area (Å²) in [6.45, 7) is 8.25. The summed E-state index contributed by atoms with van der Waals surface area (Å²) in [6.07, 6.45) is 1.96. The van der Waals surface area contributed by atoms with Gasteiger partial charge in [-0.3, -0.25) is 9.78 Å². The lowest BCUT2D eigenvalue weighted by molar-refractivity contribution is 0.597. The molecule has 0 aliphatic rings. The molecule has 2 N–H and O–H groups in total. The number of nitrogens with one attached hydrogen (secondary N) is 2. The summed E-state index contributed by atoms with van der Waals surface area (Å²) in [5, 5.41) is 0. The Morgan fingerprint density at radius 1 is 1.29 bits per heavy atom. The van der Waals surface area contributed by atoms with Gasteiger partial charge in [0.2, 0.25) is 5.82 Å². The van der Waals surface area contributed by atoms with Gasteiger partial charge in [-0.15, -0.1) is 0 Å². The van der Waals surface area contributed by atoms with Crippen LogP contribution in [0.5, 0.6) is 0 Å². The lowest BCUT2D eigenvalue weighted by Gasteiger charge is -1.81. The molecule has 0 bridgehead atoms. The highest BCUT2D eigenvalue weighted by Gasteiger charge is 1.93. The van der Waals surface area contributed by atoms with Crippen molar-refractivity contribution >= 4 is 0 Å². The largest absolute Gasteiger partial charge is 0.325 e. The first-order chi connectivity index (χ1) is 6.61. The second-order valence-corrected chi connectivity index (χ2v) is 2.13. The number of rotatable bonds is 0. The molecule has 0 aliphatic heterocycles. The topological polar surface area (TPSA) is 65.7 Å². The standard InChI is InChI=1S/C4H3FN2O2.C3H8.C2H6/c5-2-1-6-4(9)7-3(2)8;1-3-2;1-2/h1H,(H2,6,7,8,9);3H2,1-2H3;1-2H3. The Hall–Kier alpha value is -1.39. The van der Waals surface area contributed by atoms with Crippen LogP contribution < -0.4 is 11.2 Å². The van der Waals surface area contributed by atoms with Crippen LogP contribution in [0.25, 0.3) is 0 Å². The van der Waals surface area contributed by atoms with Crippen LogP contribution in [0.2, 0.25) is 0 Å². The van der Waals surface area contributed by atoms with Crippen molar-refractivity contribution in [3.63, 3.8) is 0 Å². The van der Waals surface area contributed by atoms with E-state index in [1.54, 1.807) is 4.98 Å². The first-order valence-corrected chi connectivity index (χ1v) is 4.59. The van der Waals surface area contributed by atoms with Crippen molar-refractivity contribution in [2.24, 2.45) is 0 Å². The average Bonchev–Trinajstić information content (AvgIpc) is 2.17. The third kappa shape index (κ3) is 7.27. The quantitative estimate of drug-likeness (QED) is 0.674. The van der Waals surface area contributed by atoms with Crippen molar-refractivity contribution in [3.05, 3.63) is 32.9 Å². The van der Waals surface area contributed by atoms with Crippen molar-refractivity contribution in [3.8, 4) is 0 Å². The monoisotopic (exact) mass is 204 g/mol. The maximum atomic E-state index is 12.0. The number of hydrogen-bond donors (Lipinski definition) is 2. The Morgan fingerprint density at radius 3 is 2.00 bits per heavy atom. The van der Waals surface area contributed by atoms with E-state index in [1.165, 1.54) is 6.42 Å². The zero-order valence-electron chi connectivity index (χ0n) is 8.98. The van der Waals surface area contributed by atoms with Gasteiger partial charge in [-0.25, -0.2) is 4.79 Å². The molecule has 0 saturated carbocycles. The highest BCUT2D eigenvalue weighted by atomic mass is 19.1. The Labute approximate surface area is 82.2 Å². The third-order valence-corrected chi connectivity index (χ3v) is 0.774. The van der Waals surface area contributed by atoms with Crippen LogP contribution in [0.4, 0.5) is 4.39 Å². The summed E-state index contributed by atoms with van der Waals surface area (Å²) in [4.78, 5) is 24.0. The average molecular weight is 204 g/mol. The molecular formula is C9H17FN2O2. The Morgan fingerprint density at radius 2 is 1.71 bits per heavy atom. The first kappa shape index (κ1) is 15.1. The fraction of sp³-hybridized carbons (Fsp3) is 0.556. The summed E-state index contributed by atoms with van der Waals surface area (Å²) < 4.78 is 12.0. The SMILES string of the molecule is CC.CCC.O=c1[nH]cc(F)c(=O)[nH]1. The van der Waals surface area contributed by atoms with Crippen molar-refractivity contribution < 1.29 is 4.39 Å². The maximum Gasteiger partial charge on any atom is 0.325 e. The van der Waals surface area contributed by atoms with Crippen molar-refractivity contribution in [1.82, 2.24) is 9.97 Å². The van der Waals surface area contributed by atoms with E-state index in [0.717, 1.165) is 0 Å². The molecular weight excluding hydrogens is 187 g/mol. The van der Waals surface area contributed by atoms with Crippen LogP contribution in [-0.2, 0) is 0 Å². The molecule has 82 valence electrons. The predicted octanol–water partition coefficient (Wildman–Crippen LogP) is 1.64. The van der Waals surface area contributed by atoms with E-state index in [0.29, 0.717) is 6.20 Å². The number of halogens is 1. The molecule has 5 heteroatoms. The zero-order valence-corrected chi connectivity index (χ0v) is 8.98. The van der Waals surface area contributed by atoms with Crippen LogP contribution in [0, 0.1) is 5.82 Å². The van der Waals surface area contributed by atoms with Gasteiger partial charge in [-0.05, 0) is 0 Å². The third-order valence-electron chi connectivity index (χ3n) is 0.774. The van der Waals surface area contributed by atoms with Gasteiger partial charge < -0.3 is 4.98 Å². The zero-order chi connectivity index (χ0) is 11.6. The fourth-order valence-electron chi connectivity index (χ4n) is 0.393. The minimum atomic E-state index is -1.00. The minimum Gasteiger partial charge on any atom is -0.311 e. The van der Waals surface area contributed by atoms with Crippen LogP contribution in [0.3, 0.4) is 0 Å². The summed E-state index contributed by atoms with van der Waals surface area (Å²) in [7, 11) is 0. The molecule has 0 spiro atoms. The van der Waals surface area contributed by atoms with Gasteiger partial charge in [0, 0.05) is 6.20 Å². The molecule has 0 atom stereocenters. The van der Waals surface area contributed by atoms with Crippen molar-refractivity contribution in [2.45, 2.75) is 34.1 Å². The molecule has 0 unspecified atom stereocenters. The number of H-pyrrole nitrogens is 2. The summed E-state index contributed by atoms with van der Waals surface area (Å²) in [5.41, 5.74) is -1.71. The van der Waals surface area contributed by atoms with Crippen LogP contribution in [-0.4, -0.2) is 9.97 Å². The van der Waals surface area contributed by atoms with E-state index >= 15 is 0 Å². The fourth-order valence-corrected chi connectivity index (χ4v) is 0.393. The lowest BCUT2D eigenvalue weighted by Crippen LogP contribution is -2.23. The maximum absolute atomic E-state index is 12.0. The molecule has 0 radical (unpaired) electrons. The number of aromatic nitrogens is 2. The Balaban J connectivity index is 0. The lowest BCUT2D eigenvalue weighted by atomic mass is 10.6. The molecule has 1 heterocycles. The van der Waals surface area contributed by atoms with Gasteiger partial charge in [-0.2, -0.15) is 4.39 Å². The van der Waals surface area contributed by atoms with Gasteiger partial charge in [-0.1, -0.05) is 34.1 Å². The highest BCUT2D eigenvalue weighted by molar-refractivity contribution is 4.83. The predicted molar refractivity (Wildman–Crippen MR) is 55.0 cm³/mol. The van der Waals surface area contributed by atoms with Crippen LogP contribution in [0.15, 0.2) is 15.8 Å². The minimum absolute atomic E-state index is 0.707. The molecule has 0 aromatic carbocycles. The normalized spacial score (nSPS) is 7.79. The molecule has 0 amide bonds. The smallest absolute Gasteiger partial charge is 0.311 e. The van der Waals surface area contributed by atoms with Gasteiger partial charge >= 0.3 is 5.69 Å². The van der Waals surface area contributed by atoms with Gasteiger partial charge in [0.15, 0.2) is 0 Å². The van der Waals surface area contributed by atoms with Gasteiger partial charge in [0.25, 0.3) is 5.56 Å². The van der Waals surface area contributed by atoms with E-state index in [1.807, 2.05) is 18.8 Å². The first-order valence-electron chi connectivity index (χ1n) is 4.59. The molecule has 0 fully saturated rings. The molecule has 1 rings (SSSR count). The summed E-state index contributed by atoms with van der Waals surface area (Å²) >= 11 is 0. The van der Waals surface area contributed by atoms with E-state index < -0.39 is 17.1 Å². The van der Waals surface area contributed by atoms with E-state index in [2.05, 4.69) is 13.8 Å². The van der Waals surface area contributed by atoms with Crippen LogP contribution in [0.1, 0.15) is 34.1 Å². The van der Waals surface area contributed by atoms with Crippen LogP contribution >= 0.6 is 0 Å². The Bertz CT molecular complexity index is 330. The number of aromatic amines is 2. The molecule has 0 aliphatic carbocycles. The van der Waals surface area contributed by atoms with Crippen molar-refractivity contribution in [2.75, 3.05) is 0 Å². The molecule has 4 nitrogen and oxygen atoms in total. The summed E-state index contributed by atoms with van der Waals surface area (Å²) in [6, 6.07) is 0. The molecule has 0 saturated heterocycles. The van der Waals surface area contributed by atoms with E-state index in [-0.39, 0.29) is 0 Å². The van der Waals surface area contributed by atoms with E-state index in [4.69, 9.17) is 0 Å². The molecule has 1 aromatic heterocycles. The number of hydrogen-bond acceptors (Lipinski definition) is 2. The van der Waals surface area contributed by atoms with Gasteiger partial charge in [0.05, 0.1) is 0 Å². The van der Waals surface area contributed by atoms with Crippen molar-refractivity contribution in [1.29, 1.82) is 0 Å². The van der Waals surface area contributed by atoms with E-state index in [9.17, 15) is 14.0 Å².